The Labute approximate surface area is 168 Å². The van der Waals surface area contributed by atoms with E-state index in [0.29, 0.717) is 16.6 Å². The molecule has 1 saturated heterocycles. The van der Waals surface area contributed by atoms with Gasteiger partial charge < -0.3 is 9.74 Å². The zero-order chi connectivity index (χ0) is 20.4. The second-order valence-electron chi connectivity index (χ2n) is 10.3. The molecule has 1 aromatic rings. The minimum atomic E-state index is -1.94. The Hall–Kier alpha value is -1.00. The van der Waals surface area contributed by atoms with Crippen LogP contribution in [0.15, 0.2) is 12.1 Å². The van der Waals surface area contributed by atoms with E-state index in [0.717, 1.165) is 12.3 Å². The highest BCUT2D eigenvalue weighted by molar-refractivity contribution is 6.78. The summed E-state index contributed by atoms with van der Waals surface area (Å²) in [6.07, 6.45) is 1.18. The Morgan fingerprint density at radius 2 is 1.59 bits per heavy atom. The molecule has 2 aliphatic rings. The molecule has 1 fully saturated rings. The van der Waals surface area contributed by atoms with Crippen LogP contribution >= 0.6 is 0 Å². The van der Waals surface area contributed by atoms with E-state index < -0.39 is 8.32 Å². The number of nitrogens with zero attached hydrogens (tertiary/aromatic N) is 1. The van der Waals surface area contributed by atoms with Crippen molar-refractivity contribution in [3.8, 4) is 5.75 Å². The number of fused-ring (bicyclic) bond motifs is 3. The predicted molar refractivity (Wildman–Crippen MR) is 119 cm³/mol. The third-order valence-electron chi connectivity index (χ3n) is 8.06. The lowest BCUT2D eigenvalue weighted by Crippen LogP contribution is -2.52. The Morgan fingerprint density at radius 1 is 1.04 bits per heavy atom. The molecule has 0 aliphatic carbocycles. The van der Waals surface area contributed by atoms with Crippen LogP contribution in [0, 0.1) is 6.92 Å². The Balaban J connectivity index is 2.08. The molecule has 0 spiro atoms. The van der Waals surface area contributed by atoms with Crippen molar-refractivity contribution in [3.05, 3.63) is 23.3 Å². The van der Waals surface area contributed by atoms with Crippen molar-refractivity contribution < 1.29 is 4.43 Å². The molecule has 2 aliphatic heterocycles. The van der Waals surface area contributed by atoms with E-state index in [-0.39, 0.29) is 11.1 Å². The van der Waals surface area contributed by atoms with Crippen molar-refractivity contribution in [2.75, 3.05) is 18.9 Å². The van der Waals surface area contributed by atoms with Crippen LogP contribution < -0.4 is 9.74 Å². The summed E-state index contributed by atoms with van der Waals surface area (Å²) in [4.78, 5) is 2.47. The minimum absolute atomic E-state index is 0.0125. The number of hydrogen-bond acceptors (Lipinski definition) is 3. The van der Waals surface area contributed by atoms with Gasteiger partial charge in [0, 0.05) is 17.6 Å². The Morgan fingerprint density at radius 3 is 2.11 bits per heavy atom. The number of likely N-dealkylation sites (N-methyl/N-ethyl adjacent to an activating group) is 1. The van der Waals surface area contributed by atoms with E-state index in [9.17, 15) is 0 Å². The van der Waals surface area contributed by atoms with E-state index in [2.05, 4.69) is 91.7 Å². The zero-order valence-corrected chi connectivity index (χ0v) is 20.2. The van der Waals surface area contributed by atoms with Gasteiger partial charge in [-0.3, -0.25) is 4.90 Å². The quantitative estimate of drug-likeness (QED) is 0.600. The molecule has 3 nitrogen and oxygen atoms in total. The number of hydrogen-bond donors (Lipinski definition) is 1. The number of benzene rings is 1. The molecule has 2 heterocycles. The van der Waals surface area contributed by atoms with Gasteiger partial charge in [-0.2, -0.15) is 0 Å². The molecule has 0 amide bonds. The Bertz CT molecular complexity index is 708. The average Bonchev–Trinajstić information content (AvgIpc) is 2.92. The summed E-state index contributed by atoms with van der Waals surface area (Å²) in [5.74, 6) is 1.09. The number of likely N-dealkylation sites (tertiary alicyclic amines) is 1. The summed E-state index contributed by atoms with van der Waals surface area (Å²) < 4.78 is 7.04. The summed E-state index contributed by atoms with van der Waals surface area (Å²) in [5.41, 5.74) is 5.95. The highest BCUT2D eigenvalue weighted by Gasteiger charge is 2.58. The van der Waals surface area contributed by atoms with Crippen molar-refractivity contribution in [2.24, 2.45) is 0 Å². The van der Waals surface area contributed by atoms with E-state index >= 15 is 0 Å². The van der Waals surface area contributed by atoms with Gasteiger partial charge in [-0.1, -0.05) is 48.5 Å². The highest BCUT2D eigenvalue weighted by Crippen LogP contribution is 2.56. The van der Waals surface area contributed by atoms with Crippen molar-refractivity contribution >= 4 is 14.0 Å². The number of aryl methyl sites for hydroxylation is 1. The molecule has 4 heteroatoms. The molecular weight excluding hydrogens is 348 g/mol. The van der Waals surface area contributed by atoms with Gasteiger partial charge in [-0.25, -0.2) is 0 Å². The van der Waals surface area contributed by atoms with E-state index in [1.54, 1.807) is 0 Å². The van der Waals surface area contributed by atoms with Crippen LogP contribution in [0.25, 0.3) is 0 Å². The summed E-state index contributed by atoms with van der Waals surface area (Å²) in [7, 11) is 0.296. The molecule has 0 bridgehead atoms. The number of nitrogens with one attached hydrogen (secondary N) is 1. The second-order valence-corrected chi connectivity index (χ2v) is 15.7. The fraction of sp³-hybridized carbons (Fsp3) is 0.739. The van der Waals surface area contributed by atoms with Gasteiger partial charge in [-0.15, -0.1) is 0 Å². The largest absolute Gasteiger partial charge is 0.543 e. The van der Waals surface area contributed by atoms with Crippen molar-refractivity contribution in [3.63, 3.8) is 0 Å². The Kier molecular flexibility index (Phi) is 5.00. The maximum atomic E-state index is 7.04. The fourth-order valence-corrected chi connectivity index (χ4v) is 11.4. The summed E-state index contributed by atoms with van der Waals surface area (Å²) in [5, 5.41) is 3.87. The first-order chi connectivity index (χ1) is 12.4. The van der Waals surface area contributed by atoms with Gasteiger partial charge in [0.15, 0.2) is 0 Å². The molecule has 0 unspecified atom stereocenters. The normalized spacial score (nSPS) is 28.0. The minimum Gasteiger partial charge on any atom is -0.543 e. The molecule has 0 aromatic heterocycles. The molecule has 1 N–H and O–H groups in total. The van der Waals surface area contributed by atoms with Gasteiger partial charge in [-0.05, 0) is 67.2 Å². The van der Waals surface area contributed by atoms with Crippen LogP contribution in [-0.2, 0) is 5.41 Å². The molecule has 2 atom stereocenters. The van der Waals surface area contributed by atoms with E-state index in [1.807, 2.05) is 0 Å². The van der Waals surface area contributed by atoms with Crippen LogP contribution in [0.1, 0.15) is 72.9 Å². The second kappa shape index (κ2) is 6.52. The third kappa shape index (κ3) is 2.70. The van der Waals surface area contributed by atoms with Gasteiger partial charge in [0.2, 0.25) is 0 Å². The van der Waals surface area contributed by atoms with Crippen molar-refractivity contribution in [1.29, 1.82) is 0 Å². The molecule has 152 valence electrons. The number of rotatable bonds is 5. The van der Waals surface area contributed by atoms with Crippen LogP contribution in [0.3, 0.4) is 0 Å². The monoisotopic (exact) mass is 388 g/mol. The average molecular weight is 389 g/mol. The highest BCUT2D eigenvalue weighted by atomic mass is 28.4. The van der Waals surface area contributed by atoms with Gasteiger partial charge in [0.1, 0.15) is 5.75 Å². The van der Waals surface area contributed by atoms with E-state index in [1.165, 1.54) is 23.2 Å². The van der Waals surface area contributed by atoms with Crippen LogP contribution in [-0.4, -0.2) is 32.5 Å². The molecular formula is C23H40N2OSi. The molecule has 3 rings (SSSR count). The molecule has 0 radical (unpaired) electrons. The maximum Gasteiger partial charge on any atom is 0.258 e. The van der Waals surface area contributed by atoms with Crippen molar-refractivity contribution in [2.45, 2.75) is 96.4 Å². The lowest BCUT2D eigenvalue weighted by atomic mass is 9.75. The smallest absolute Gasteiger partial charge is 0.258 e. The summed E-state index contributed by atoms with van der Waals surface area (Å²) in [6, 6.07) is 4.64. The van der Waals surface area contributed by atoms with Gasteiger partial charge in [0.25, 0.3) is 8.32 Å². The summed E-state index contributed by atoms with van der Waals surface area (Å²) in [6.45, 7) is 22.3. The van der Waals surface area contributed by atoms with Gasteiger partial charge >= 0.3 is 0 Å². The predicted octanol–water partition coefficient (Wildman–Crippen LogP) is 6.28. The zero-order valence-electron chi connectivity index (χ0n) is 19.2. The standard InChI is InChI=1S/C23H40N2OSi/c1-15(2)27(16(3)4,17(5)6)26-19-13-18(7)21-20(14-19)22(8)11-12-25(10)23(22,9)24-21/h13-17,24H,11-12H2,1-10H3/t22-,23-/m0/s1. The lowest BCUT2D eigenvalue weighted by Gasteiger charge is -2.42. The third-order valence-corrected chi connectivity index (χ3v) is 14.1. The van der Waals surface area contributed by atoms with Crippen LogP contribution in [0.5, 0.6) is 5.75 Å². The molecule has 1 aromatic carbocycles. The molecule has 27 heavy (non-hydrogen) atoms. The lowest BCUT2D eigenvalue weighted by molar-refractivity contribution is 0.178. The molecule has 0 saturated carbocycles. The fourth-order valence-electron chi connectivity index (χ4n) is 6.13. The summed E-state index contributed by atoms with van der Waals surface area (Å²) >= 11 is 0. The maximum absolute atomic E-state index is 7.04. The first-order valence-corrected chi connectivity index (χ1v) is 12.9. The van der Waals surface area contributed by atoms with Crippen molar-refractivity contribution in [1.82, 2.24) is 4.90 Å². The first kappa shape index (κ1) is 20.7. The van der Waals surface area contributed by atoms with Crippen LogP contribution in [0.2, 0.25) is 16.6 Å². The first-order valence-electron chi connectivity index (χ1n) is 10.7. The van der Waals surface area contributed by atoms with Crippen LogP contribution in [0.4, 0.5) is 5.69 Å². The van der Waals surface area contributed by atoms with Gasteiger partial charge in [0.05, 0.1) is 5.66 Å². The van der Waals surface area contributed by atoms with E-state index in [4.69, 9.17) is 4.43 Å². The SMILES string of the molecule is Cc1cc(O[Si](C(C)C)(C(C)C)C(C)C)cc2c1N[C@@]1(C)N(C)CC[C@@]21C. The number of anilines is 1. The topological polar surface area (TPSA) is 24.5 Å².